The molecule has 1 aliphatic heterocycles. The van der Waals surface area contributed by atoms with Crippen molar-refractivity contribution >= 4 is 40.5 Å². The van der Waals surface area contributed by atoms with Gasteiger partial charge >= 0.3 is 0 Å². The Morgan fingerprint density at radius 2 is 2.00 bits per heavy atom. The second-order valence-corrected chi connectivity index (χ2v) is 5.70. The highest BCUT2D eigenvalue weighted by molar-refractivity contribution is 7.80. The topological polar surface area (TPSA) is 59.6 Å². The fourth-order valence-corrected chi connectivity index (χ4v) is 2.49. The third-order valence-corrected chi connectivity index (χ3v) is 3.99. The Balaban J connectivity index is 1.68. The number of carbonyl (C=O) groups excluding carboxylic acids is 1. The first-order chi connectivity index (χ1) is 11.0. The van der Waals surface area contributed by atoms with Crippen molar-refractivity contribution < 1.29 is 14.3 Å². The predicted octanol–water partition coefficient (Wildman–Crippen LogP) is 3.50. The summed E-state index contributed by atoms with van der Waals surface area (Å²) in [6, 6.07) is 10.4. The first-order valence-corrected chi connectivity index (χ1v) is 7.60. The average molecular weight is 349 g/mol. The Morgan fingerprint density at radius 3 is 2.83 bits per heavy atom. The Hall–Kier alpha value is -2.31. The maximum absolute atomic E-state index is 12.2. The highest BCUT2D eigenvalue weighted by atomic mass is 35.5. The largest absolute Gasteiger partial charge is 0.454 e. The number of rotatable bonds is 2. The van der Waals surface area contributed by atoms with Crippen molar-refractivity contribution in [1.29, 1.82) is 0 Å². The van der Waals surface area contributed by atoms with Gasteiger partial charge in [-0.1, -0.05) is 17.7 Å². The monoisotopic (exact) mass is 348 g/mol. The molecule has 1 aliphatic rings. The van der Waals surface area contributed by atoms with Gasteiger partial charge < -0.3 is 14.8 Å². The number of halogens is 1. The standard InChI is InChI=1S/C16H13ClN2O3S/c1-9-11(17)3-2-4-12(9)18-16(23)19-15(20)10-5-6-13-14(7-10)22-8-21-13/h2-7H,8H2,1H3,(H2,18,19,20,23). The lowest BCUT2D eigenvalue weighted by atomic mass is 10.2. The summed E-state index contributed by atoms with van der Waals surface area (Å²) in [6.45, 7) is 2.03. The molecule has 0 saturated carbocycles. The van der Waals surface area contributed by atoms with Gasteiger partial charge in [0, 0.05) is 16.3 Å². The van der Waals surface area contributed by atoms with E-state index in [2.05, 4.69) is 10.6 Å². The van der Waals surface area contributed by atoms with Crippen LogP contribution in [0, 0.1) is 6.92 Å². The van der Waals surface area contributed by atoms with Gasteiger partial charge in [-0.25, -0.2) is 0 Å². The molecule has 0 aliphatic carbocycles. The number of hydrogen-bond acceptors (Lipinski definition) is 4. The molecule has 0 unspecified atom stereocenters. The van der Waals surface area contributed by atoms with E-state index in [1.165, 1.54) is 0 Å². The summed E-state index contributed by atoms with van der Waals surface area (Å²) in [5, 5.41) is 6.41. The Morgan fingerprint density at radius 1 is 1.22 bits per heavy atom. The van der Waals surface area contributed by atoms with Gasteiger partial charge in [0.2, 0.25) is 6.79 Å². The van der Waals surface area contributed by atoms with E-state index in [1.807, 2.05) is 13.0 Å². The lowest BCUT2D eigenvalue weighted by Gasteiger charge is -2.12. The zero-order valence-corrected chi connectivity index (χ0v) is 13.8. The Kier molecular flexibility index (Phi) is 4.36. The summed E-state index contributed by atoms with van der Waals surface area (Å²) in [5.41, 5.74) is 2.03. The minimum atomic E-state index is -0.333. The number of hydrogen-bond donors (Lipinski definition) is 2. The minimum Gasteiger partial charge on any atom is -0.454 e. The predicted molar refractivity (Wildman–Crippen MR) is 92.4 cm³/mol. The van der Waals surface area contributed by atoms with E-state index in [0.29, 0.717) is 22.1 Å². The number of carbonyl (C=O) groups is 1. The van der Waals surface area contributed by atoms with Gasteiger partial charge in [0.25, 0.3) is 5.91 Å². The molecule has 2 N–H and O–H groups in total. The van der Waals surface area contributed by atoms with Gasteiger partial charge in [-0.2, -0.15) is 0 Å². The summed E-state index contributed by atoms with van der Waals surface area (Å²) >= 11 is 11.2. The van der Waals surface area contributed by atoms with E-state index < -0.39 is 0 Å². The molecule has 0 radical (unpaired) electrons. The maximum Gasteiger partial charge on any atom is 0.257 e. The molecule has 0 bridgehead atoms. The van der Waals surface area contributed by atoms with Crippen LogP contribution in [0.4, 0.5) is 5.69 Å². The van der Waals surface area contributed by atoms with Gasteiger partial charge in [-0.05, 0) is 55.0 Å². The SMILES string of the molecule is Cc1c(Cl)cccc1NC(=S)NC(=O)c1ccc2c(c1)OCO2. The third kappa shape index (κ3) is 3.38. The van der Waals surface area contributed by atoms with Crippen molar-refractivity contribution in [3.05, 3.63) is 52.5 Å². The van der Waals surface area contributed by atoms with Crippen molar-refractivity contribution in [2.45, 2.75) is 6.92 Å². The van der Waals surface area contributed by atoms with Crippen LogP contribution in [-0.2, 0) is 0 Å². The van der Waals surface area contributed by atoms with E-state index in [-0.39, 0.29) is 17.8 Å². The average Bonchev–Trinajstić information content (AvgIpc) is 2.99. The summed E-state index contributed by atoms with van der Waals surface area (Å²) < 4.78 is 10.5. The second-order valence-electron chi connectivity index (χ2n) is 4.89. The van der Waals surface area contributed by atoms with E-state index in [1.54, 1.807) is 30.3 Å². The zero-order chi connectivity index (χ0) is 16.4. The number of nitrogens with one attached hydrogen (secondary N) is 2. The molecular formula is C16H13ClN2O3S. The summed E-state index contributed by atoms with van der Waals surface area (Å²) in [7, 11) is 0. The van der Waals surface area contributed by atoms with Crippen molar-refractivity contribution in [3.63, 3.8) is 0 Å². The van der Waals surface area contributed by atoms with Crippen LogP contribution >= 0.6 is 23.8 Å². The van der Waals surface area contributed by atoms with E-state index in [4.69, 9.17) is 33.3 Å². The van der Waals surface area contributed by atoms with Crippen LogP contribution in [0.25, 0.3) is 0 Å². The van der Waals surface area contributed by atoms with Gasteiger partial charge in [0.05, 0.1) is 0 Å². The number of ether oxygens (including phenoxy) is 2. The molecule has 0 spiro atoms. The quantitative estimate of drug-likeness (QED) is 0.813. The van der Waals surface area contributed by atoms with Crippen LogP contribution in [0.3, 0.4) is 0 Å². The molecule has 1 heterocycles. The van der Waals surface area contributed by atoms with Crippen LogP contribution in [0.5, 0.6) is 11.5 Å². The highest BCUT2D eigenvalue weighted by Gasteiger charge is 2.17. The molecule has 0 atom stereocenters. The van der Waals surface area contributed by atoms with Gasteiger partial charge in [0.15, 0.2) is 16.6 Å². The zero-order valence-electron chi connectivity index (χ0n) is 12.2. The van der Waals surface area contributed by atoms with Crippen molar-refractivity contribution in [1.82, 2.24) is 5.32 Å². The minimum absolute atomic E-state index is 0.161. The van der Waals surface area contributed by atoms with E-state index >= 15 is 0 Å². The molecule has 118 valence electrons. The maximum atomic E-state index is 12.2. The lowest BCUT2D eigenvalue weighted by Crippen LogP contribution is -2.34. The lowest BCUT2D eigenvalue weighted by molar-refractivity contribution is 0.0977. The molecule has 0 aromatic heterocycles. The highest BCUT2D eigenvalue weighted by Crippen LogP contribution is 2.32. The van der Waals surface area contributed by atoms with E-state index in [9.17, 15) is 4.79 Å². The normalized spacial score (nSPS) is 11.9. The van der Waals surface area contributed by atoms with Crippen LogP contribution in [0.15, 0.2) is 36.4 Å². The molecule has 0 saturated heterocycles. The first-order valence-electron chi connectivity index (χ1n) is 6.81. The van der Waals surface area contributed by atoms with Gasteiger partial charge in [-0.15, -0.1) is 0 Å². The third-order valence-electron chi connectivity index (χ3n) is 3.38. The van der Waals surface area contributed by atoms with Crippen molar-refractivity contribution in [2.24, 2.45) is 0 Å². The van der Waals surface area contributed by atoms with Gasteiger partial charge in [0.1, 0.15) is 0 Å². The fraction of sp³-hybridized carbons (Fsp3) is 0.125. The number of benzene rings is 2. The van der Waals surface area contributed by atoms with Crippen LogP contribution in [0.1, 0.15) is 15.9 Å². The van der Waals surface area contributed by atoms with Gasteiger partial charge in [-0.3, -0.25) is 10.1 Å². The van der Waals surface area contributed by atoms with Crippen LogP contribution in [-0.4, -0.2) is 17.8 Å². The summed E-state index contributed by atoms with van der Waals surface area (Å²) in [6.07, 6.45) is 0. The smallest absolute Gasteiger partial charge is 0.257 e. The summed E-state index contributed by atoms with van der Waals surface area (Å²) in [5.74, 6) is 0.833. The molecule has 1 amide bonds. The second kappa shape index (κ2) is 6.44. The van der Waals surface area contributed by atoms with Crippen molar-refractivity contribution in [3.8, 4) is 11.5 Å². The molecule has 7 heteroatoms. The molecule has 2 aromatic carbocycles. The number of thiocarbonyl (C=S) groups is 1. The molecule has 2 aromatic rings. The number of amides is 1. The number of anilines is 1. The molecular weight excluding hydrogens is 336 g/mol. The number of fused-ring (bicyclic) bond motifs is 1. The first kappa shape index (κ1) is 15.6. The Bertz CT molecular complexity index is 795. The van der Waals surface area contributed by atoms with Crippen LogP contribution in [0.2, 0.25) is 5.02 Å². The summed E-state index contributed by atoms with van der Waals surface area (Å²) in [4.78, 5) is 12.2. The van der Waals surface area contributed by atoms with Crippen LogP contribution < -0.4 is 20.1 Å². The molecule has 5 nitrogen and oxygen atoms in total. The molecule has 3 rings (SSSR count). The fourth-order valence-electron chi connectivity index (χ4n) is 2.11. The Labute approximate surface area is 143 Å². The van der Waals surface area contributed by atoms with Crippen molar-refractivity contribution in [2.75, 3.05) is 12.1 Å². The molecule has 23 heavy (non-hydrogen) atoms. The van der Waals surface area contributed by atoms with E-state index in [0.717, 1.165) is 11.3 Å². The molecule has 0 fully saturated rings.